The van der Waals surface area contributed by atoms with Crippen LogP contribution >= 0.6 is 0 Å². The van der Waals surface area contributed by atoms with Gasteiger partial charge in [-0.15, -0.1) is 0 Å². The van der Waals surface area contributed by atoms with Crippen LogP contribution in [0, 0.1) is 0 Å². The molecule has 84 valence electrons. The smallest absolute Gasteiger partial charge is 0.125 e. The van der Waals surface area contributed by atoms with E-state index in [1.54, 1.807) is 12.1 Å². The van der Waals surface area contributed by atoms with Crippen LogP contribution in [0.5, 0.6) is 11.5 Å². The first-order chi connectivity index (χ1) is 7.26. The molecule has 0 saturated carbocycles. The predicted molar refractivity (Wildman–Crippen MR) is 55.1 cm³/mol. The average Bonchev–Trinajstić information content (AvgIpc) is 2.28. The maximum atomic E-state index is 12.6. The second-order valence-electron chi connectivity index (χ2n) is 3.08. The van der Waals surface area contributed by atoms with Gasteiger partial charge in [-0.2, -0.15) is 0 Å². The summed E-state index contributed by atoms with van der Waals surface area (Å²) in [5, 5.41) is 8.86. The van der Waals surface area contributed by atoms with Crippen LogP contribution in [0.3, 0.4) is 0 Å². The Morgan fingerprint density at radius 2 is 1.67 bits per heavy atom. The van der Waals surface area contributed by atoms with Crippen molar-refractivity contribution in [2.24, 2.45) is 0 Å². The van der Waals surface area contributed by atoms with Gasteiger partial charge < -0.3 is 14.6 Å². The van der Waals surface area contributed by atoms with Gasteiger partial charge in [-0.1, -0.05) is 0 Å². The number of alkyl halides is 1. The Labute approximate surface area is 88.4 Å². The van der Waals surface area contributed by atoms with Gasteiger partial charge in [-0.05, 0) is 18.6 Å². The van der Waals surface area contributed by atoms with E-state index in [1.165, 1.54) is 14.2 Å². The average molecular weight is 214 g/mol. The van der Waals surface area contributed by atoms with E-state index in [4.69, 9.17) is 14.6 Å². The molecule has 0 aliphatic rings. The zero-order valence-electron chi connectivity index (χ0n) is 8.92. The van der Waals surface area contributed by atoms with Crippen LogP contribution in [-0.2, 0) is 13.1 Å². The van der Waals surface area contributed by atoms with Crippen molar-refractivity contribution in [2.45, 2.75) is 13.1 Å². The van der Waals surface area contributed by atoms with Gasteiger partial charge in [0.15, 0.2) is 0 Å². The number of hydrogen-bond acceptors (Lipinski definition) is 3. The van der Waals surface area contributed by atoms with E-state index in [0.29, 0.717) is 23.5 Å². The molecule has 0 aliphatic heterocycles. The highest BCUT2D eigenvalue weighted by molar-refractivity contribution is 5.46. The van der Waals surface area contributed by atoms with Crippen molar-refractivity contribution < 1.29 is 19.0 Å². The van der Waals surface area contributed by atoms with Gasteiger partial charge in [-0.25, -0.2) is 4.39 Å². The number of benzene rings is 1. The Balaban J connectivity index is 3.15. The molecule has 1 rings (SSSR count). The zero-order valence-corrected chi connectivity index (χ0v) is 8.92. The first-order valence-electron chi connectivity index (χ1n) is 4.67. The van der Waals surface area contributed by atoms with Gasteiger partial charge in [0.25, 0.3) is 0 Å². The number of aliphatic hydroxyl groups is 1. The second-order valence-corrected chi connectivity index (χ2v) is 3.08. The molecule has 15 heavy (non-hydrogen) atoms. The van der Waals surface area contributed by atoms with Gasteiger partial charge in [0.05, 0.1) is 14.2 Å². The molecule has 0 aromatic heterocycles. The molecule has 0 bridgehead atoms. The number of hydrogen-bond donors (Lipinski definition) is 1. The van der Waals surface area contributed by atoms with Crippen molar-refractivity contribution in [3.63, 3.8) is 0 Å². The fraction of sp³-hybridized carbons (Fsp3) is 0.455. The van der Waals surface area contributed by atoms with Crippen molar-refractivity contribution in [1.29, 1.82) is 0 Å². The van der Waals surface area contributed by atoms with Crippen LogP contribution < -0.4 is 9.47 Å². The molecule has 0 aliphatic carbocycles. The SMILES string of the molecule is COc1cc(CCO)c(OC)cc1CF. The molecular weight excluding hydrogens is 199 g/mol. The van der Waals surface area contributed by atoms with E-state index >= 15 is 0 Å². The lowest BCUT2D eigenvalue weighted by atomic mass is 10.1. The van der Waals surface area contributed by atoms with E-state index in [-0.39, 0.29) is 6.61 Å². The van der Waals surface area contributed by atoms with Crippen LogP contribution in [-0.4, -0.2) is 25.9 Å². The number of methoxy groups -OCH3 is 2. The number of halogens is 1. The molecule has 0 atom stereocenters. The fourth-order valence-electron chi connectivity index (χ4n) is 1.44. The third-order valence-corrected chi connectivity index (χ3v) is 2.21. The summed E-state index contributed by atoms with van der Waals surface area (Å²) in [6.45, 7) is -0.576. The molecular formula is C11H15FO3. The van der Waals surface area contributed by atoms with Gasteiger partial charge in [-0.3, -0.25) is 0 Å². The lowest BCUT2D eigenvalue weighted by Gasteiger charge is -2.12. The molecule has 0 unspecified atom stereocenters. The van der Waals surface area contributed by atoms with Crippen LogP contribution in [0.4, 0.5) is 4.39 Å². The molecule has 0 radical (unpaired) electrons. The van der Waals surface area contributed by atoms with Crippen molar-refractivity contribution in [2.75, 3.05) is 20.8 Å². The molecule has 0 heterocycles. The summed E-state index contributed by atoms with van der Waals surface area (Å²) >= 11 is 0. The summed E-state index contributed by atoms with van der Waals surface area (Å²) < 4.78 is 22.8. The van der Waals surface area contributed by atoms with Crippen LogP contribution in [0.15, 0.2) is 12.1 Å². The summed E-state index contributed by atoms with van der Waals surface area (Å²) in [7, 11) is 3.01. The van der Waals surface area contributed by atoms with E-state index in [2.05, 4.69) is 0 Å². The van der Waals surface area contributed by atoms with Crippen LogP contribution in [0.1, 0.15) is 11.1 Å². The Kier molecular flexibility index (Phi) is 4.37. The minimum Gasteiger partial charge on any atom is -0.496 e. The second kappa shape index (κ2) is 5.56. The molecule has 1 aromatic carbocycles. The topological polar surface area (TPSA) is 38.7 Å². The maximum Gasteiger partial charge on any atom is 0.125 e. The molecule has 0 saturated heterocycles. The highest BCUT2D eigenvalue weighted by Gasteiger charge is 2.10. The van der Waals surface area contributed by atoms with Crippen molar-refractivity contribution in [1.82, 2.24) is 0 Å². The minimum atomic E-state index is -0.598. The minimum absolute atomic E-state index is 0.0223. The van der Waals surface area contributed by atoms with E-state index in [0.717, 1.165) is 5.56 Å². The number of ether oxygens (including phenoxy) is 2. The molecule has 0 fully saturated rings. The number of rotatable bonds is 5. The van der Waals surface area contributed by atoms with Crippen LogP contribution in [0.25, 0.3) is 0 Å². The monoisotopic (exact) mass is 214 g/mol. The van der Waals surface area contributed by atoms with E-state index in [1.807, 2.05) is 0 Å². The summed E-state index contributed by atoms with van der Waals surface area (Å²) in [6, 6.07) is 3.30. The van der Waals surface area contributed by atoms with Crippen LogP contribution in [0.2, 0.25) is 0 Å². The Hall–Kier alpha value is -1.29. The maximum absolute atomic E-state index is 12.6. The summed E-state index contributed by atoms with van der Waals surface area (Å²) in [6.07, 6.45) is 0.464. The third kappa shape index (κ3) is 2.59. The Morgan fingerprint density at radius 3 is 2.13 bits per heavy atom. The quantitative estimate of drug-likeness (QED) is 0.811. The normalized spacial score (nSPS) is 10.1. The summed E-state index contributed by atoms with van der Waals surface area (Å²) in [5.74, 6) is 1.07. The predicted octanol–water partition coefficient (Wildman–Crippen LogP) is 1.71. The summed E-state index contributed by atoms with van der Waals surface area (Å²) in [4.78, 5) is 0. The highest BCUT2D eigenvalue weighted by atomic mass is 19.1. The molecule has 3 nitrogen and oxygen atoms in total. The zero-order chi connectivity index (χ0) is 11.3. The first kappa shape index (κ1) is 11.8. The molecule has 0 spiro atoms. The Morgan fingerprint density at radius 1 is 1.13 bits per heavy atom. The van der Waals surface area contributed by atoms with Gasteiger partial charge in [0.2, 0.25) is 0 Å². The third-order valence-electron chi connectivity index (χ3n) is 2.21. The first-order valence-corrected chi connectivity index (χ1v) is 4.67. The van der Waals surface area contributed by atoms with Crippen molar-refractivity contribution in [3.05, 3.63) is 23.3 Å². The lowest BCUT2D eigenvalue weighted by Crippen LogP contribution is -1.99. The standard InChI is InChI=1S/C11H15FO3/c1-14-10-6-9(7-12)11(15-2)5-8(10)3-4-13/h5-6,13H,3-4,7H2,1-2H3. The van der Waals surface area contributed by atoms with Crippen molar-refractivity contribution >= 4 is 0 Å². The lowest BCUT2D eigenvalue weighted by molar-refractivity contribution is 0.296. The van der Waals surface area contributed by atoms with Gasteiger partial charge in [0.1, 0.15) is 18.2 Å². The van der Waals surface area contributed by atoms with E-state index < -0.39 is 6.67 Å². The molecule has 4 heteroatoms. The van der Waals surface area contributed by atoms with Gasteiger partial charge >= 0.3 is 0 Å². The van der Waals surface area contributed by atoms with Crippen molar-refractivity contribution in [3.8, 4) is 11.5 Å². The Bertz CT molecular complexity index is 326. The largest absolute Gasteiger partial charge is 0.496 e. The summed E-state index contributed by atoms with van der Waals surface area (Å²) in [5.41, 5.74) is 1.27. The molecule has 1 aromatic rings. The highest BCUT2D eigenvalue weighted by Crippen LogP contribution is 2.29. The van der Waals surface area contributed by atoms with Gasteiger partial charge in [0, 0.05) is 17.7 Å². The van der Waals surface area contributed by atoms with E-state index in [9.17, 15) is 4.39 Å². The molecule has 1 N–H and O–H groups in total. The number of aliphatic hydroxyl groups excluding tert-OH is 1. The fourth-order valence-corrected chi connectivity index (χ4v) is 1.44. The molecule has 0 amide bonds.